The number of methoxy groups -OCH3 is 1. The highest BCUT2D eigenvalue weighted by molar-refractivity contribution is 6.43. The molecular weight excluding hydrogens is 375 g/mol. The van der Waals surface area contributed by atoms with Gasteiger partial charge in [0.15, 0.2) is 0 Å². The van der Waals surface area contributed by atoms with Gasteiger partial charge in [0, 0.05) is 11.1 Å². The van der Waals surface area contributed by atoms with Crippen LogP contribution in [0.1, 0.15) is 16.1 Å². The molecule has 0 aliphatic rings. The monoisotopic (exact) mass is 388 g/mol. The van der Waals surface area contributed by atoms with Gasteiger partial charge in [-0.05, 0) is 36.4 Å². The number of hydrazone groups is 1. The van der Waals surface area contributed by atoms with E-state index in [2.05, 4.69) is 20.7 Å². The van der Waals surface area contributed by atoms with Gasteiger partial charge in [0.1, 0.15) is 11.4 Å². The van der Waals surface area contributed by atoms with Crippen molar-refractivity contribution >= 4 is 35.3 Å². The maximum absolute atomic E-state index is 12.2. The van der Waals surface area contributed by atoms with E-state index in [0.717, 1.165) is 11.3 Å². The first-order chi connectivity index (χ1) is 12.6. The second-order valence-corrected chi connectivity index (χ2v) is 6.02. The summed E-state index contributed by atoms with van der Waals surface area (Å²) in [5, 5.41) is 11.5. The van der Waals surface area contributed by atoms with E-state index in [4.69, 9.17) is 27.9 Å². The smallest absolute Gasteiger partial charge is 0.289 e. The average molecular weight is 389 g/mol. The van der Waals surface area contributed by atoms with Crippen molar-refractivity contribution < 1.29 is 9.53 Å². The Morgan fingerprint density at radius 2 is 2.00 bits per heavy atom. The van der Waals surface area contributed by atoms with E-state index in [1.807, 2.05) is 24.3 Å². The molecule has 1 heterocycles. The third-order valence-electron chi connectivity index (χ3n) is 3.56. The summed E-state index contributed by atoms with van der Waals surface area (Å²) >= 11 is 12.0. The van der Waals surface area contributed by atoms with Crippen LogP contribution in [0, 0.1) is 0 Å². The fourth-order valence-electron chi connectivity index (χ4n) is 2.19. The van der Waals surface area contributed by atoms with Gasteiger partial charge in [-0.1, -0.05) is 35.3 Å². The number of carbonyl (C=O) groups is 1. The molecule has 0 saturated heterocycles. The lowest BCUT2D eigenvalue weighted by Gasteiger charge is -2.00. The number of hydrogen-bond acceptors (Lipinski definition) is 4. The molecule has 0 atom stereocenters. The molecule has 2 aromatic carbocycles. The molecule has 6 nitrogen and oxygen atoms in total. The highest BCUT2D eigenvalue weighted by Gasteiger charge is 2.10. The average Bonchev–Trinajstić information content (AvgIpc) is 3.15. The van der Waals surface area contributed by atoms with E-state index >= 15 is 0 Å². The number of nitrogens with zero attached hydrogens (tertiary/aromatic N) is 2. The maximum atomic E-state index is 12.2. The summed E-state index contributed by atoms with van der Waals surface area (Å²) in [4.78, 5) is 12.2. The fraction of sp³-hybridized carbons (Fsp3) is 0.0556. The topological polar surface area (TPSA) is 79.4 Å². The molecule has 0 bridgehead atoms. The zero-order chi connectivity index (χ0) is 18.5. The Labute approximate surface area is 159 Å². The van der Waals surface area contributed by atoms with E-state index < -0.39 is 5.91 Å². The minimum Gasteiger partial charge on any atom is -0.497 e. The Morgan fingerprint density at radius 3 is 2.73 bits per heavy atom. The van der Waals surface area contributed by atoms with Gasteiger partial charge in [-0.15, -0.1) is 0 Å². The lowest BCUT2D eigenvalue weighted by Crippen LogP contribution is -2.18. The quantitative estimate of drug-likeness (QED) is 0.508. The molecular formula is C18H14Cl2N4O2. The van der Waals surface area contributed by atoms with Crippen molar-refractivity contribution in [3.05, 3.63) is 69.8 Å². The number of nitrogens with one attached hydrogen (secondary N) is 2. The lowest BCUT2D eigenvalue weighted by atomic mass is 10.1. The molecule has 2 N–H and O–H groups in total. The van der Waals surface area contributed by atoms with Gasteiger partial charge in [0.25, 0.3) is 5.91 Å². The van der Waals surface area contributed by atoms with Crippen molar-refractivity contribution in [1.29, 1.82) is 0 Å². The van der Waals surface area contributed by atoms with Crippen molar-refractivity contribution in [2.24, 2.45) is 5.10 Å². The number of benzene rings is 2. The molecule has 1 amide bonds. The lowest BCUT2D eigenvalue weighted by molar-refractivity contribution is 0.0950. The predicted molar refractivity (Wildman–Crippen MR) is 102 cm³/mol. The molecule has 8 heteroatoms. The summed E-state index contributed by atoms with van der Waals surface area (Å²) in [6.07, 6.45) is 1.42. The Kier molecular flexibility index (Phi) is 5.55. The van der Waals surface area contributed by atoms with Crippen LogP contribution in [0.25, 0.3) is 11.3 Å². The van der Waals surface area contributed by atoms with Gasteiger partial charge in [-0.2, -0.15) is 10.2 Å². The molecule has 0 spiro atoms. The highest BCUT2D eigenvalue weighted by atomic mass is 35.5. The first kappa shape index (κ1) is 18.0. The summed E-state index contributed by atoms with van der Waals surface area (Å²) in [5.41, 5.74) is 4.79. The van der Waals surface area contributed by atoms with Gasteiger partial charge in [-0.3, -0.25) is 9.89 Å². The van der Waals surface area contributed by atoms with Crippen LogP contribution in [-0.2, 0) is 0 Å². The molecule has 132 valence electrons. The molecule has 0 radical (unpaired) electrons. The molecule has 0 saturated carbocycles. The SMILES string of the molecule is COc1ccc(-c2cc(C(=O)N/N=C\c3cccc(Cl)c3Cl)[nH]n2)cc1. The molecule has 3 rings (SSSR count). The summed E-state index contributed by atoms with van der Waals surface area (Å²) < 4.78 is 5.12. The number of amides is 1. The first-order valence-electron chi connectivity index (χ1n) is 7.55. The number of rotatable bonds is 5. The van der Waals surface area contributed by atoms with Crippen molar-refractivity contribution in [2.75, 3.05) is 7.11 Å². The number of H-pyrrole nitrogens is 1. The molecule has 0 aliphatic heterocycles. The third kappa shape index (κ3) is 4.04. The highest BCUT2D eigenvalue weighted by Crippen LogP contribution is 2.24. The van der Waals surface area contributed by atoms with E-state index in [-0.39, 0.29) is 5.69 Å². The Hall–Kier alpha value is -2.83. The Bertz CT molecular complexity index is 952. The zero-order valence-corrected chi connectivity index (χ0v) is 15.2. The summed E-state index contributed by atoms with van der Waals surface area (Å²) in [6, 6.07) is 14.1. The van der Waals surface area contributed by atoms with Crippen LogP contribution in [0.4, 0.5) is 0 Å². The zero-order valence-electron chi connectivity index (χ0n) is 13.7. The van der Waals surface area contributed by atoms with Crippen LogP contribution < -0.4 is 10.2 Å². The minimum absolute atomic E-state index is 0.283. The first-order valence-corrected chi connectivity index (χ1v) is 8.31. The van der Waals surface area contributed by atoms with Crippen molar-refractivity contribution in [3.8, 4) is 17.0 Å². The summed E-state index contributed by atoms with van der Waals surface area (Å²) in [7, 11) is 1.60. The van der Waals surface area contributed by atoms with Gasteiger partial charge < -0.3 is 4.74 Å². The predicted octanol–water partition coefficient (Wildman–Crippen LogP) is 4.16. The number of ether oxygens (including phenoxy) is 1. The van der Waals surface area contributed by atoms with E-state index in [0.29, 0.717) is 21.3 Å². The number of aromatic amines is 1. The normalized spacial score (nSPS) is 10.9. The van der Waals surface area contributed by atoms with E-state index in [9.17, 15) is 4.79 Å². The number of carbonyl (C=O) groups excluding carboxylic acids is 1. The molecule has 0 unspecified atom stereocenters. The third-order valence-corrected chi connectivity index (χ3v) is 4.39. The summed E-state index contributed by atoms with van der Waals surface area (Å²) in [5.74, 6) is 0.322. The van der Waals surface area contributed by atoms with Crippen molar-refractivity contribution in [2.45, 2.75) is 0 Å². The standard InChI is InChI=1S/C18H14Cl2N4O2/c1-26-13-7-5-11(6-8-13)15-9-16(23-22-15)18(25)24-21-10-12-3-2-4-14(19)17(12)20/h2-10H,1H3,(H,22,23)(H,24,25)/b21-10-. The number of aromatic nitrogens is 2. The van der Waals surface area contributed by atoms with Crippen LogP contribution in [-0.4, -0.2) is 29.4 Å². The second-order valence-electron chi connectivity index (χ2n) is 5.24. The molecule has 0 aliphatic carbocycles. The van der Waals surface area contributed by atoms with Gasteiger partial charge in [-0.25, -0.2) is 5.43 Å². The molecule has 3 aromatic rings. The van der Waals surface area contributed by atoms with E-state index in [1.165, 1.54) is 6.21 Å². The van der Waals surface area contributed by atoms with Crippen LogP contribution in [0.5, 0.6) is 5.75 Å². The van der Waals surface area contributed by atoms with Crippen LogP contribution in [0.15, 0.2) is 53.6 Å². The number of hydrogen-bond donors (Lipinski definition) is 2. The van der Waals surface area contributed by atoms with Gasteiger partial charge in [0.2, 0.25) is 0 Å². The van der Waals surface area contributed by atoms with Crippen molar-refractivity contribution in [3.63, 3.8) is 0 Å². The van der Waals surface area contributed by atoms with Gasteiger partial charge in [0.05, 0.1) is 29.1 Å². The Morgan fingerprint density at radius 1 is 1.23 bits per heavy atom. The fourth-order valence-corrected chi connectivity index (χ4v) is 2.55. The number of halogens is 2. The van der Waals surface area contributed by atoms with E-state index in [1.54, 1.807) is 31.4 Å². The molecule has 0 fully saturated rings. The second kappa shape index (κ2) is 8.03. The van der Waals surface area contributed by atoms with Crippen LogP contribution in [0.3, 0.4) is 0 Å². The molecule has 1 aromatic heterocycles. The Balaban J connectivity index is 1.68. The minimum atomic E-state index is -0.424. The van der Waals surface area contributed by atoms with Crippen LogP contribution in [0.2, 0.25) is 10.0 Å². The van der Waals surface area contributed by atoms with Crippen molar-refractivity contribution in [1.82, 2.24) is 15.6 Å². The summed E-state index contributed by atoms with van der Waals surface area (Å²) in [6.45, 7) is 0. The van der Waals surface area contributed by atoms with Gasteiger partial charge >= 0.3 is 0 Å². The largest absolute Gasteiger partial charge is 0.497 e. The van der Waals surface area contributed by atoms with Crippen LogP contribution >= 0.6 is 23.2 Å². The maximum Gasteiger partial charge on any atom is 0.289 e. The molecule has 26 heavy (non-hydrogen) atoms.